The highest BCUT2D eigenvalue weighted by atomic mass is 19.1. The van der Waals surface area contributed by atoms with E-state index in [2.05, 4.69) is 0 Å². The standard InChI is InChI=1S/C14H16FNO3/c1-16(12(17)14(6-7-14)13(18)19)8-5-10-3-2-4-11(15)9-10/h2-4,9H,5-8H2,1H3,(H,18,19). The van der Waals surface area contributed by atoms with Crippen LogP contribution in [0.15, 0.2) is 24.3 Å². The molecule has 0 atom stereocenters. The predicted molar refractivity (Wildman–Crippen MR) is 67.0 cm³/mol. The van der Waals surface area contributed by atoms with Gasteiger partial charge in [-0.05, 0) is 37.0 Å². The summed E-state index contributed by atoms with van der Waals surface area (Å²) in [6, 6.07) is 6.18. The number of amides is 1. The summed E-state index contributed by atoms with van der Waals surface area (Å²) in [5.41, 5.74) is -0.406. The number of halogens is 1. The van der Waals surface area contributed by atoms with Gasteiger partial charge in [0.25, 0.3) is 0 Å². The maximum atomic E-state index is 13.0. The first-order valence-electron chi connectivity index (χ1n) is 6.19. The van der Waals surface area contributed by atoms with E-state index in [1.165, 1.54) is 17.0 Å². The fourth-order valence-corrected chi connectivity index (χ4v) is 2.10. The number of likely N-dealkylation sites (N-methyl/N-ethyl adjacent to an activating group) is 1. The molecule has 102 valence electrons. The van der Waals surface area contributed by atoms with Crippen LogP contribution in [0.2, 0.25) is 0 Å². The smallest absolute Gasteiger partial charge is 0.319 e. The van der Waals surface area contributed by atoms with Crippen molar-refractivity contribution < 1.29 is 19.1 Å². The van der Waals surface area contributed by atoms with Crippen molar-refractivity contribution in [3.05, 3.63) is 35.6 Å². The lowest BCUT2D eigenvalue weighted by atomic mass is 10.1. The third-order valence-electron chi connectivity index (χ3n) is 3.54. The molecule has 5 heteroatoms. The van der Waals surface area contributed by atoms with Crippen molar-refractivity contribution in [1.82, 2.24) is 4.90 Å². The average molecular weight is 265 g/mol. The minimum Gasteiger partial charge on any atom is -0.480 e. The summed E-state index contributed by atoms with van der Waals surface area (Å²) < 4.78 is 13.0. The summed E-state index contributed by atoms with van der Waals surface area (Å²) in [6.45, 7) is 0.386. The molecule has 1 saturated carbocycles. The Balaban J connectivity index is 1.93. The van der Waals surface area contributed by atoms with Gasteiger partial charge in [0, 0.05) is 13.6 Å². The molecule has 1 aromatic carbocycles. The minimum atomic E-state index is -1.20. The van der Waals surface area contributed by atoms with Gasteiger partial charge in [0.1, 0.15) is 11.2 Å². The van der Waals surface area contributed by atoms with Crippen LogP contribution in [0.5, 0.6) is 0 Å². The number of carbonyl (C=O) groups is 2. The lowest BCUT2D eigenvalue weighted by molar-refractivity contribution is -0.152. The molecule has 0 heterocycles. The summed E-state index contributed by atoms with van der Waals surface area (Å²) in [6.07, 6.45) is 1.33. The van der Waals surface area contributed by atoms with Gasteiger partial charge in [-0.25, -0.2) is 4.39 Å². The Morgan fingerprint density at radius 1 is 1.42 bits per heavy atom. The Morgan fingerprint density at radius 2 is 2.11 bits per heavy atom. The topological polar surface area (TPSA) is 57.6 Å². The highest BCUT2D eigenvalue weighted by Gasteiger charge is 2.58. The van der Waals surface area contributed by atoms with Crippen molar-refractivity contribution in [1.29, 1.82) is 0 Å². The van der Waals surface area contributed by atoms with Crippen LogP contribution in [-0.2, 0) is 16.0 Å². The molecule has 1 aromatic rings. The van der Waals surface area contributed by atoms with Gasteiger partial charge < -0.3 is 10.0 Å². The van der Waals surface area contributed by atoms with Crippen LogP contribution in [0.3, 0.4) is 0 Å². The summed E-state index contributed by atoms with van der Waals surface area (Å²) >= 11 is 0. The minimum absolute atomic E-state index is 0.310. The Bertz CT molecular complexity index is 511. The molecule has 2 rings (SSSR count). The molecule has 1 aliphatic rings. The Labute approximate surface area is 110 Å². The largest absolute Gasteiger partial charge is 0.480 e. The second-order valence-corrected chi connectivity index (χ2v) is 4.99. The van der Waals surface area contributed by atoms with E-state index in [0.29, 0.717) is 25.8 Å². The monoisotopic (exact) mass is 265 g/mol. The van der Waals surface area contributed by atoms with Crippen LogP contribution < -0.4 is 0 Å². The zero-order chi connectivity index (χ0) is 14.0. The molecular weight excluding hydrogens is 249 g/mol. The number of rotatable bonds is 5. The SMILES string of the molecule is CN(CCc1cccc(F)c1)C(=O)C1(C(=O)O)CC1. The van der Waals surface area contributed by atoms with E-state index in [1.807, 2.05) is 0 Å². The van der Waals surface area contributed by atoms with Crippen LogP contribution in [0, 0.1) is 11.2 Å². The van der Waals surface area contributed by atoms with Gasteiger partial charge in [0.2, 0.25) is 5.91 Å². The first-order chi connectivity index (χ1) is 8.95. The maximum Gasteiger partial charge on any atom is 0.319 e. The van der Waals surface area contributed by atoms with E-state index in [1.54, 1.807) is 19.2 Å². The van der Waals surface area contributed by atoms with Crippen LogP contribution in [-0.4, -0.2) is 35.5 Å². The van der Waals surface area contributed by atoms with Crippen LogP contribution in [0.1, 0.15) is 18.4 Å². The molecule has 4 nitrogen and oxygen atoms in total. The molecular formula is C14H16FNO3. The molecule has 0 unspecified atom stereocenters. The highest BCUT2D eigenvalue weighted by Crippen LogP contribution is 2.47. The molecule has 1 fully saturated rings. The third kappa shape index (κ3) is 2.75. The number of hydrogen-bond donors (Lipinski definition) is 1. The van der Waals surface area contributed by atoms with E-state index in [4.69, 9.17) is 5.11 Å². The van der Waals surface area contributed by atoms with Crippen LogP contribution in [0.25, 0.3) is 0 Å². The van der Waals surface area contributed by atoms with Gasteiger partial charge in [-0.1, -0.05) is 12.1 Å². The molecule has 19 heavy (non-hydrogen) atoms. The number of aliphatic carboxylic acids is 1. The van der Waals surface area contributed by atoms with E-state index in [-0.39, 0.29) is 11.7 Å². The Kier molecular flexibility index (Phi) is 3.55. The van der Waals surface area contributed by atoms with Crippen molar-refractivity contribution in [2.45, 2.75) is 19.3 Å². The molecule has 0 aromatic heterocycles. The maximum absolute atomic E-state index is 13.0. The molecule has 0 saturated heterocycles. The lowest BCUT2D eigenvalue weighted by Crippen LogP contribution is -2.39. The number of nitrogens with zero attached hydrogens (tertiary/aromatic N) is 1. The first-order valence-corrected chi connectivity index (χ1v) is 6.19. The van der Waals surface area contributed by atoms with Crippen molar-refractivity contribution in [3.63, 3.8) is 0 Å². The third-order valence-corrected chi connectivity index (χ3v) is 3.54. The summed E-state index contributed by atoms with van der Waals surface area (Å²) in [4.78, 5) is 24.5. The summed E-state index contributed by atoms with van der Waals surface area (Å²) in [5.74, 6) is -1.71. The second kappa shape index (κ2) is 4.99. The van der Waals surface area contributed by atoms with Gasteiger partial charge in [-0.15, -0.1) is 0 Å². The number of benzene rings is 1. The fraction of sp³-hybridized carbons (Fsp3) is 0.429. The molecule has 0 spiro atoms. The molecule has 1 amide bonds. The van der Waals surface area contributed by atoms with E-state index in [9.17, 15) is 14.0 Å². The lowest BCUT2D eigenvalue weighted by Gasteiger charge is -2.21. The van der Waals surface area contributed by atoms with E-state index in [0.717, 1.165) is 5.56 Å². The van der Waals surface area contributed by atoms with Gasteiger partial charge in [-0.2, -0.15) is 0 Å². The number of carboxylic acids is 1. The van der Waals surface area contributed by atoms with E-state index >= 15 is 0 Å². The van der Waals surface area contributed by atoms with E-state index < -0.39 is 11.4 Å². The van der Waals surface area contributed by atoms with Gasteiger partial charge in [0.05, 0.1) is 0 Å². The predicted octanol–water partition coefficient (Wildman–Crippen LogP) is 1.69. The summed E-state index contributed by atoms with van der Waals surface area (Å²) in [7, 11) is 1.59. The number of carbonyl (C=O) groups excluding carboxylic acids is 1. The number of hydrogen-bond acceptors (Lipinski definition) is 2. The average Bonchev–Trinajstić information content (AvgIpc) is 3.16. The van der Waals surface area contributed by atoms with Crippen molar-refractivity contribution >= 4 is 11.9 Å². The van der Waals surface area contributed by atoms with Gasteiger partial charge in [0.15, 0.2) is 0 Å². The zero-order valence-electron chi connectivity index (χ0n) is 10.7. The van der Waals surface area contributed by atoms with Gasteiger partial charge in [-0.3, -0.25) is 9.59 Å². The molecule has 1 aliphatic carbocycles. The van der Waals surface area contributed by atoms with Crippen molar-refractivity contribution in [3.8, 4) is 0 Å². The second-order valence-electron chi connectivity index (χ2n) is 4.99. The zero-order valence-corrected chi connectivity index (χ0v) is 10.7. The van der Waals surface area contributed by atoms with Crippen LogP contribution >= 0.6 is 0 Å². The summed E-state index contributed by atoms with van der Waals surface area (Å²) in [5, 5.41) is 9.05. The Morgan fingerprint density at radius 3 is 2.63 bits per heavy atom. The first kappa shape index (κ1) is 13.5. The normalized spacial score (nSPS) is 15.9. The number of carboxylic acid groups (broad SMARTS) is 1. The quantitative estimate of drug-likeness (QED) is 0.824. The molecule has 0 bridgehead atoms. The highest BCUT2D eigenvalue weighted by molar-refractivity contribution is 6.04. The molecule has 0 radical (unpaired) electrons. The molecule has 1 N–H and O–H groups in total. The van der Waals surface area contributed by atoms with Crippen LogP contribution in [0.4, 0.5) is 4.39 Å². The Hall–Kier alpha value is -1.91. The molecule has 0 aliphatic heterocycles. The van der Waals surface area contributed by atoms with Crippen molar-refractivity contribution in [2.24, 2.45) is 5.41 Å². The fourth-order valence-electron chi connectivity index (χ4n) is 2.10. The van der Waals surface area contributed by atoms with Gasteiger partial charge >= 0.3 is 5.97 Å². The van der Waals surface area contributed by atoms with Crippen molar-refractivity contribution in [2.75, 3.05) is 13.6 Å².